The number of anilines is 2. The molecule has 3 fully saturated rings. The molecule has 1 aliphatic carbocycles. The average Bonchev–Trinajstić information content (AvgIpc) is 1.73. The predicted molar refractivity (Wildman–Crippen MR) is 394 cm³/mol. The van der Waals surface area contributed by atoms with E-state index in [1.54, 1.807) is 12.1 Å². The zero-order valence-electron chi connectivity index (χ0n) is 59.0. The van der Waals surface area contributed by atoms with Gasteiger partial charge in [0.25, 0.3) is 43.5 Å². The third kappa shape index (κ3) is 22.3. The monoisotopic (exact) mass is 1530 g/mol. The summed E-state index contributed by atoms with van der Waals surface area (Å²) in [4.78, 5) is 85.2. The summed E-state index contributed by atoms with van der Waals surface area (Å²) in [6, 6.07) is 29.0. The zero-order valence-corrected chi connectivity index (χ0v) is 62.2. The van der Waals surface area contributed by atoms with E-state index in [9.17, 15) is 58.8 Å². The number of nitrogens with one attached hydrogen (secondary N) is 5. The van der Waals surface area contributed by atoms with Crippen molar-refractivity contribution in [2.75, 3.05) is 154 Å². The van der Waals surface area contributed by atoms with Crippen molar-refractivity contribution >= 4 is 95.6 Å². The first-order chi connectivity index (χ1) is 50.3. The number of unbranched alkanes of at least 4 members (excludes halogenated alkanes) is 1. The number of rotatable bonds is 37. The van der Waals surface area contributed by atoms with Gasteiger partial charge in [-0.3, -0.25) is 48.8 Å². The van der Waals surface area contributed by atoms with Gasteiger partial charge in [0.05, 0.1) is 61.4 Å². The number of thioether (sulfide) groups is 1. The van der Waals surface area contributed by atoms with Crippen molar-refractivity contribution in [3.63, 3.8) is 0 Å². The first kappa shape index (κ1) is 80.1. The molecular weight excluding hydrogens is 1440 g/mol. The van der Waals surface area contributed by atoms with E-state index in [-0.39, 0.29) is 47.3 Å². The molecule has 1 unspecified atom stereocenters. The van der Waals surface area contributed by atoms with Crippen LogP contribution in [0.4, 0.5) is 24.5 Å². The fourth-order valence-corrected chi connectivity index (χ4v) is 16.5. The van der Waals surface area contributed by atoms with Crippen LogP contribution in [0.3, 0.4) is 0 Å². The number of hydrogen-bond acceptors (Lipinski definition) is 21. The zero-order chi connectivity index (χ0) is 74.7. The number of piperazine rings is 2. The molecule has 568 valence electrons. The maximum absolute atomic E-state index is 14.5. The highest BCUT2D eigenvalue weighted by atomic mass is 35.5. The molecule has 0 radical (unpaired) electrons. The Hall–Kier alpha value is -7.49. The van der Waals surface area contributed by atoms with E-state index < -0.39 is 88.4 Å². The van der Waals surface area contributed by atoms with Crippen LogP contribution in [0.1, 0.15) is 102 Å². The van der Waals surface area contributed by atoms with Crippen LogP contribution in [0.25, 0.3) is 5.57 Å². The molecule has 5 N–H and O–H groups in total. The number of carbonyl (C=O) groups excluding carboxylic acids is 6. The van der Waals surface area contributed by atoms with Gasteiger partial charge in [-0.25, -0.2) is 21.6 Å². The summed E-state index contributed by atoms with van der Waals surface area (Å²) in [7, 11) is -11.0. The second-order valence-corrected chi connectivity index (χ2v) is 32.4. The largest absolute Gasteiger partial charge is 0.501 e. The molecule has 4 aliphatic heterocycles. The van der Waals surface area contributed by atoms with Crippen LogP contribution in [-0.4, -0.2) is 233 Å². The molecule has 10 rings (SSSR count). The van der Waals surface area contributed by atoms with Crippen molar-refractivity contribution in [2.24, 2.45) is 5.41 Å². The van der Waals surface area contributed by atoms with E-state index in [2.05, 4.69) is 66.8 Å². The van der Waals surface area contributed by atoms with Gasteiger partial charge in [0.2, 0.25) is 11.8 Å². The van der Waals surface area contributed by atoms with E-state index in [1.807, 2.05) is 47.2 Å². The van der Waals surface area contributed by atoms with Gasteiger partial charge >= 0.3 is 5.51 Å². The first-order valence-corrected chi connectivity index (χ1v) is 39.8. The summed E-state index contributed by atoms with van der Waals surface area (Å²) in [5, 5.41) is 12.0. The van der Waals surface area contributed by atoms with Gasteiger partial charge in [-0.15, -0.1) is 11.8 Å². The Kier molecular flexibility index (Phi) is 28.5. The second kappa shape index (κ2) is 37.4. The van der Waals surface area contributed by atoms with Gasteiger partial charge in [0, 0.05) is 124 Å². The fraction of sp³-hybridized carbons (Fsp3) is 0.486. The Labute approximate surface area is 620 Å². The highest BCUT2D eigenvalue weighted by molar-refractivity contribution is 7.99. The third-order valence-corrected chi connectivity index (χ3v) is 23.4. The number of sulfone groups is 1. The number of hydrogen-bond donors (Lipinski definition) is 5. The summed E-state index contributed by atoms with van der Waals surface area (Å²) in [6.45, 7) is 16.5. The highest BCUT2D eigenvalue weighted by Crippen LogP contribution is 2.44. The molecular formula is C74H92ClF3N10O14S3. The average molecular weight is 1530 g/mol. The lowest BCUT2D eigenvalue weighted by atomic mass is 9.73. The molecule has 0 spiro atoms. The summed E-state index contributed by atoms with van der Waals surface area (Å²) in [5.74, 6) is -3.67. The standard InChI is InChI=1S/C74H92ClF3N10O14S3/c1-73(2)27-25-60(52-13-17-55(75)18-14-52)54(48-73)49-86-36-38-87(39-37-86)57-19-15-53(16-20-57)69(91)83-105(97,98)59-21-22-62(65(47-59)104(95,96)74(76,77)78)81-56(51-103-58-9-4-3-5-10-58)26-31-84-32-34-85(35-33-84)40-42-100-44-46-101-45-43-99-41-30-79-28-6-7-29-80-67(90)50-102-64-12-8-11-61-68(64)72(94)88(71(61)93)63-23-24-66(89)82-70(63)92/h3-5,8-22,47,56,63,79,81H,6-7,23-46,48-51H2,1-2H3,(H,80,90)(H,83,91)(H,82,89,92)/t56-,63?/m1/s1. The number of amides is 6. The number of allylic oxidation sites excluding steroid dienone is 1. The molecule has 2 atom stereocenters. The van der Waals surface area contributed by atoms with E-state index >= 15 is 0 Å². The SMILES string of the molecule is CC1(C)CCC(c2ccc(Cl)cc2)=C(CN2CCN(c3ccc(C(=O)NS(=O)(=O)c4ccc(N[C@H](CCN5CCN(CCOCCOCCOCCNCCCCNC(=O)COc6cccc7c6C(=O)N(C6CCC(=O)NC6=O)C7=O)CC5)CSc5ccccc5)c(S(=O)(=O)C(F)(F)F)c4)cc3)CC2)C1. The van der Waals surface area contributed by atoms with Crippen LogP contribution in [0.15, 0.2) is 136 Å². The highest BCUT2D eigenvalue weighted by Gasteiger charge is 2.49. The number of ether oxygens (including phenoxy) is 4. The second-order valence-electron chi connectivity index (χ2n) is 27.3. The summed E-state index contributed by atoms with van der Waals surface area (Å²) < 4.78 is 123. The fourth-order valence-electron chi connectivity index (χ4n) is 13.3. The van der Waals surface area contributed by atoms with Crippen LogP contribution >= 0.6 is 23.4 Å². The van der Waals surface area contributed by atoms with Crippen LogP contribution in [-0.2, 0) is 48.5 Å². The number of imide groups is 2. The molecule has 0 bridgehead atoms. The number of halogens is 4. The van der Waals surface area contributed by atoms with Gasteiger partial charge in [-0.1, -0.05) is 67.4 Å². The summed E-state index contributed by atoms with van der Waals surface area (Å²) >= 11 is 7.66. The minimum absolute atomic E-state index is 0.00532. The normalized spacial score (nSPS) is 18.1. The minimum Gasteiger partial charge on any atom is -0.483 e. The molecule has 4 heterocycles. The third-order valence-electron chi connectivity index (χ3n) is 19.2. The molecule has 0 aromatic heterocycles. The number of sulfonamides is 1. The Morgan fingerprint density at radius 1 is 0.724 bits per heavy atom. The molecule has 5 aromatic rings. The molecule has 6 amide bonds. The Bertz CT molecular complexity index is 4110. The lowest BCUT2D eigenvalue weighted by Gasteiger charge is -2.39. The summed E-state index contributed by atoms with van der Waals surface area (Å²) in [5.41, 5.74) is -1.18. The Morgan fingerprint density at radius 2 is 1.39 bits per heavy atom. The quantitative estimate of drug-likeness (QED) is 0.0142. The van der Waals surface area contributed by atoms with Gasteiger partial charge in [-0.2, -0.15) is 13.2 Å². The minimum atomic E-state index is -6.13. The lowest BCUT2D eigenvalue weighted by Crippen LogP contribution is -2.54. The van der Waals surface area contributed by atoms with Crippen molar-refractivity contribution in [3.8, 4) is 5.75 Å². The molecule has 3 saturated heterocycles. The first-order valence-electron chi connectivity index (χ1n) is 35.5. The van der Waals surface area contributed by atoms with Crippen LogP contribution in [0, 0.1) is 5.41 Å². The van der Waals surface area contributed by atoms with Crippen LogP contribution < -0.4 is 35.6 Å². The van der Waals surface area contributed by atoms with Crippen molar-refractivity contribution in [1.29, 1.82) is 0 Å². The Morgan fingerprint density at radius 3 is 2.09 bits per heavy atom. The van der Waals surface area contributed by atoms with Gasteiger partial charge in [0.1, 0.15) is 16.7 Å². The smallest absolute Gasteiger partial charge is 0.483 e. The number of nitrogens with zero attached hydrogens (tertiary/aromatic N) is 5. The maximum Gasteiger partial charge on any atom is 0.501 e. The number of fused-ring (bicyclic) bond motifs is 1. The lowest BCUT2D eigenvalue weighted by molar-refractivity contribution is -0.136. The molecule has 24 nitrogen and oxygen atoms in total. The van der Waals surface area contributed by atoms with E-state index in [4.69, 9.17) is 30.5 Å². The topological polar surface area (TPSA) is 284 Å². The van der Waals surface area contributed by atoms with E-state index in [0.29, 0.717) is 128 Å². The number of alkyl halides is 3. The van der Waals surface area contributed by atoms with E-state index in [0.717, 1.165) is 86.0 Å². The van der Waals surface area contributed by atoms with Crippen LogP contribution in [0.5, 0.6) is 5.75 Å². The molecule has 105 heavy (non-hydrogen) atoms. The van der Waals surface area contributed by atoms with Gasteiger partial charge < -0.3 is 44.7 Å². The van der Waals surface area contributed by atoms with Crippen molar-refractivity contribution in [1.82, 2.24) is 40.3 Å². The molecule has 5 aromatic carbocycles. The molecule has 31 heteroatoms. The van der Waals surface area contributed by atoms with Crippen molar-refractivity contribution < 1.29 is 77.7 Å². The van der Waals surface area contributed by atoms with Crippen molar-refractivity contribution in [3.05, 3.63) is 148 Å². The van der Waals surface area contributed by atoms with Gasteiger partial charge in [0.15, 0.2) is 6.61 Å². The van der Waals surface area contributed by atoms with Crippen molar-refractivity contribution in [2.45, 2.75) is 97.5 Å². The summed E-state index contributed by atoms with van der Waals surface area (Å²) in [6.07, 6.45) is 4.98. The maximum atomic E-state index is 14.5. The van der Waals surface area contributed by atoms with E-state index in [1.165, 1.54) is 58.8 Å². The number of benzene rings is 5. The van der Waals surface area contributed by atoms with Gasteiger partial charge in [-0.05, 0) is 147 Å². The molecule has 0 saturated carbocycles. The number of piperidine rings is 1. The van der Waals surface area contributed by atoms with Crippen LogP contribution in [0.2, 0.25) is 5.02 Å². The predicted octanol–water partition coefficient (Wildman–Crippen LogP) is 8.13. The Balaban J connectivity index is 0.598. The number of carbonyl (C=O) groups is 6. The molecule has 5 aliphatic rings.